The molecule has 0 fully saturated rings. The van der Waals surface area contributed by atoms with Crippen molar-refractivity contribution in [2.45, 2.75) is 6.42 Å². The number of nitrogens with one attached hydrogen (secondary N) is 2. The standard InChI is InChI=1S/C20H19FN4O2/c1-27-17-4-2-3-16(11-17)25-19-12-18(23-13-24-19)20(26)22-10-9-14-5-7-15(21)8-6-14/h2-8,11-13H,9-10H2,1H3,(H,22,26)(H,23,24,25). The maximum absolute atomic E-state index is 12.9. The number of hydrogen-bond donors (Lipinski definition) is 2. The Hall–Kier alpha value is -3.48. The van der Waals surface area contributed by atoms with E-state index in [2.05, 4.69) is 20.6 Å². The van der Waals surface area contributed by atoms with Gasteiger partial charge in [0.05, 0.1) is 7.11 Å². The van der Waals surface area contributed by atoms with Crippen LogP contribution in [0.2, 0.25) is 0 Å². The van der Waals surface area contributed by atoms with Crippen LogP contribution in [-0.4, -0.2) is 29.5 Å². The third kappa shape index (κ3) is 5.24. The van der Waals surface area contributed by atoms with Crippen LogP contribution in [0.25, 0.3) is 0 Å². The first kappa shape index (κ1) is 18.3. The molecule has 3 rings (SSSR count). The van der Waals surface area contributed by atoms with Crippen molar-refractivity contribution in [2.75, 3.05) is 19.0 Å². The monoisotopic (exact) mass is 366 g/mol. The Morgan fingerprint density at radius 1 is 1.11 bits per heavy atom. The smallest absolute Gasteiger partial charge is 0.270 e. The van der Waals surface area contributed by atoms with E-state index < -0.39 is 0 Å². The summed E-state index contributed by atoms with van der Waals surface area (Å²) in [6.07, 6.45) is 1.93. The number of rotatable bonds is 7. The van der Waals surface area contributed by atoms with E-state index in [0.717, 1.165) is 11.3 Å². The first-order valence-electron chi connectivity index (χ1n) is 8.40. The maximum atomic E-state index is 12.9. The molecule has 1 heterocycles. The molecule has 138 valence electrons. The lowest BCUT2D eigenvalue weighted by Gasteiger charge is -2.09. The van der Waals surface area contributed by atoms with Crippen LogP contribution in [0.15, 0.2) is 60.9 Å². The van der Waals surface area contributed by atoms with Crippen LogP contribution in [0.5, 0.6) is 5.75 Å². The van der Waals surface area contributed by atoms with E-state index >= 15 is 0 Å². The highest BCUT2D eigenvalue weighted by molar-refractivity contribution is 5.92. The average Bonchev–Trinajstić information content (AvgIpc) is 2.70. The van der Waals surface area contributed by atoms with E-state index in [1.807, 2.05) is 24.3 Å². The summed E-state index contributed by atoms with van der Waals surface area (Å²) in [5.74, 6) is 0.641. The van der Waals surface area contributed by atoms with E-state index in [4.69, 9.17) is 4.74 Å². The minimum Gasteiger partial charge on any atom is -0.497 e. The van der Waals surface area contributed by atoms with Gasteiger partial charge < -0.3 is 15.4 Å². The Morgan fingerprint density at radius 3 is 2.70 bits per heavy atom. The predicted octanol–water partition coefficient (Wildman–Crippen LogP) is 3.34. The zero-order valence-electron chi connectivity index (χ0n) is 14.8. The number of benzene rings is 2. The number of aromatic nitrogens is 2. The van der Waals surface area contributed by atoms with Crippen LogP contribution in [0.3, 0.4) is 0 Å². The SMILES string of the molecule is COc1cccc(Nc2cc(C(=O)NCCc3ccc(F)cc3)ncn2)c1. The molecule has 0 bridgehead atoms. The van der Waals surface area contributed by atoms with Crippen LogP contribution in [0.4, 0.5) is 15.9 Å². The highest BCUT2D eigenvalue weighted by Gasteiger charge is 2.09. The molecule has 1 amide bonds. The highest BCUT2D eigenvalue weighted by Crippen LogP contribution is 2.20. The molecule has 27 heavy (non-hydrogen) atoms. The lowest BCUT2D eigenvalue weighted by molar-refractivity contribution is 0.0949. The molecule has 1 aromatic heterocycles. The van der Waals surface area contributed by atoms with Crippen LogP contribution in [0, 0.1) is 5.82 Å². The first-order chi connectivity index (χ1) is 13.1. The molecule has 0 atom stereocenters. The Kier molecular flexibility index (Phi) is 5.94. The molecule has 6 nitrogen and oxygen atoms in total. The van der Waals surface area contributed by atoms with E-state index in [-0.39, 0.29) is 17.4 Å². The van der Waals surface area contributed by atoms with Gasteiger partial charge in [0.2, 0.25) is 0 Å². The van der Waals surface area contributed by atoms with Gasteiger partial charge in [-0.1, -0.05) is 18.2 Å². The van der Waals surface area contributed by atoms with Gasteiger partial charge in [-0.3, -0.25) is 4.79 Å². The van der Waals surface area contributed by atoms with E-state index in [0.29, 0.717) is 24.5 Å². The molecule has 0 aliphatic carbocycles. The zero-order valence-corrected chi connectivity index (χ0v) is 14.8. The van der Waals surface area contributed by atoms with Crippen molar-refractivity contribution in [3.63, 3.8) is 0 Å². The molecule has 3 aromatic rings. The number of anilines is 2. The molecule has 0 aliphatic rings. The molecule has 0 spiro atoms. The van der Waals surface area contributed by atoms with Crippen LogP contribution < -0.4 is 15.4 Å². The van der Waals surface area contributed by atoms with Crippen molar-refractivity contribution >= 4 is 17.4 Å². The van der Waals surface area contributed by atoms with E-state index in [1.54, 1.807) is 25.3 Å². The fraction of sp³-hybridized carbons (Fsp3) is 0.150. The summed E-state index contributed by atoms with van der Waals surface area (Å²) in [5.41, 5.74) is 1.99. The molecular weight excluding hydrogens is 347 g/mol. The minimum absolute atomic E-state index is 0.259. The number of carbonyl (C=O) groups is 1. The van der Waals surface area contributed by atoms with Gasteiger partial charge in [0, 0.05) is 24.4 Å². The van der Waals surface area contributed by atoms with E-state index in [1.165, 1.54) is 18.5 Å². The molecule has 0 aliphatic heterocycles. The lowest BCUT2D eigenvalue weighted by atomic mass is 10.1. The van der Waals surface area contributed by atoms with Gasteiger partial charge in [-0.25, -0.2) is 14.4 Å². The van der Waals surface area contributed by atoms with Crippen molar-refractivity contribution in [2.24, 2.45) is 0 Å². The number of ether oxygens (including phenoxy) is 1. The summed E-state index contributed by atoms with van der Waals surface area (Å²) < 4.78 is 18.1. The summed E-state index contributed by atoms with van der Waals surface area (Å²) in [5, 5.41) is 5.92. The molecule has 2 N–H and O–H groups in total. The molecular formula is C20H19FN4O2. The zero-order chi connectivity index (χ0) is 19.1. The van der Waals surface area contributed by atoms with Crippen molar-refractivity contribution in [3.8, 4) is 5.75 Å². The topological polar surface area (TPSA) is 76.1 Å². The second-order valence-corrected chi connectivity index (χ2v) is 5.78. The predicted molar refractivity (Wildman–Crippen MR) is 101 cm³/mol. The Morgan fingerprint density at radius 2 is 1.93 bits per heavy atom. The van der Waals surface area contributed by atoms with Crippen molar-refractivity contribution in [1.29, 1.82) is 0 Å². The largest absolute Gasteiger partial charge is 0.497 e. The van der Waals surface area contributed by atoms with Crippen molar-refractivity contribution in [3.05, 3.63) is 78.0 Å². The molecule has 7 heteroatoms. The molecule has 0 radical (unpaired) electrons. The average molecular weight is 366 g/mol. The fourth-order valence-corrected chi connectivity index (χ4v) is 2.46. The highest BCUT2D eigenvalue weighted by atomic mass is 19.1. The summed E-state index contributed by atoms with van der Waals surface area (Å²) >= 11 is 0. The van der Waals surface area contributed by atoms with Gasteiger partial charge in [-0.2, -0.15) is 0 Å². The van der Waals surface area contributed by atoms with Crippen LogP contribution in [-0.2, 0) is 6.42 Å². The number of hydrogen-bond acceptors (Lipinski definition) is 5. The van der Waals surface area contributed by atoms with Gasteiger partial charge >= 0.3 is 0 Å². The summed E-state index contributed by atoms with van der Waals surface area (Å²) in [4.78, 5) is 20.4. The number of amides is 1. The normalized spacial score (nSPS) is 10.3. The van der Waals surface area contributed by atoms with Crippen molar-refractivity contribution < 1.29 is 13.9 Å². The van der Waals surface area contributed by atoms with Gasteiger partial charge in [0.25, 0.3) is 5.91 Å². The lowest BCUT2D eigenvalue weighted by Crippen LogP contribution is -2.26. The Labute approximate surface area is 156 Å². The summed E-state index contributed by atoms with van der Waals surface area (Å²) in [6.45, 7) is 0.424. The molecule has 0 unspecified atom stereocenters. The Bertz CT molecular complexity index is 916. The number of methoxy groups -OCH3 is 1. The van der Waals surface area contributed by atoms with Gasteiger partial charge in [-0.05, 0) is 36.2 Å². The summed E-state index contributed by atoms with van der Waals surface area (Å²) in [6, 6.07) is 15.2. The van der Waals surface area contributed by atoms with Crippen LogP contribution in [0.1, 0.15) is 16.1 Å². The molecule has 0 saturated carbocycles. The molecule has 0 saturated heterocycles. The second-order valence-electron chi connectivity index (χ2n) is 5.78. The first-order valence-corrected chi connectivity index (χ1v) is 8.40. The van der Waals surface area contributed by atoms with Crippen molar-refractivity contribution in [1.82, 2.24) is 15.3 Å². The second kappa shape index (κ2) is 8.75. The number of halogens is 1. The summed E-state index contributed by atoms with van der Waals surface area (Å²) in [7, 11) is 1.60. The third-order valence-electron chi connectivity index (χ3n) is 3.85. The minimum atomic E-state index is -0.298. The third-order valence-corrected chi connectivity index (χ3v) is 3.85. The maximum Gasteiger partial charge on any atom is 0.270 e. The van der Waals surface area contributed by atoms with Gasteiger partial charge in [-0.15, -0.1) is 0 Å². The van der Waals surface area contributed by atoms with Gasteiger partial charge in [0.15, 0.2) is 0 Å². The number of carbonyl (C=O) groups excluding carboxylic acids is 1. The Balaban J connectivity index is 1.58. The fourth-order valence-electron chi connectivity index (χ4n) is 2.46. The number of nitrogens with zero attached hydrogens (tertiary/aromatic N) is 2. The van der Waals surface area contributed by atoms with E-state index in [9.17, 15) is 9.18 Å². The van der Waals surface area contributed by atoms with Crippen LogP contribution >= 0.6 is 0 Å². The molecule has 2 aromatic carbocycles. The van der Waals surface area contributed by atoms with Gasteiger partial charge in [0.1, 0.15) is 29.4 Å². The quantitative estimate of drug-likeness (QED) is 0.671.